The molecule has 0 aliphatic heterocycles. The number of rotatable bonds is 1. The summed E-state index contributed by atoms with van der Waals surface area (Å²) in [7, 11) is 0. The zero-order chi connectivity index (χ0) is 20.6. The van der Waals surface area contributed by atoms with Crippen molar-refractivity contribution in [2.45, 2.75) is 0 Å². The highest BCUT2D eigenvalue weighted by molar-refractivity contribution is 6.21. The van der Waals surface area contributed by atoms with E-state index in [4.69, 9.17) is 0 Å². The highest BCUT2D eigenvalue weighted by Gasteiger charge is 2.17. The summed E-state index contributed by atoms with van der Waals surface area (Å²) < 4.78 is 1.43. The van der Waals surface area contributed by atoms with Crippen LogP contribution in [0.15, 0.2) is 76.3 Å². The molecule has 2 heterocycles. The number of benzene rings is 4. The Morgan fingerprint density at radius 1 is 0.800 bits per heavy atom. The maximum atomic E-state index is 13.3. The number of hydrogen-bond acceptors (Lipinski definition) is 5. The molecular weight excluding hydrogens is 382 g/mol. The van der Waals surface area contributed by atoms with E-state index in [2.05, 4.69) is 4.98 Å². The van der Waals surface area contributed by atoms with Gasteiger partial charge in [-0.1, -0.05) is 36.4 Å². The standard InChI is InChI=1S/C23H11N3O4/c27-22-14-5-2-1-4-13(14)16-11-20-24-18-9-8-12(26(29)30)10-17(18)23(28)25(20)19-7-3-6-15(22)21(16)19/h1-11H. The average molecular weight is 393 g/mol. The molecule has 0 spiro atoms. The predicted octanol–water partition coefficient (Wildman–Crippen LogP) is 4.01. The normalized spacial score (nSPS) is 11.9. The molecule has 6 rings (SSSR count). The molecular formula is C23H11N3O4. The van der Waals surface area contributed by atoms with Crippen molar-refractivity contribution >= 4 is 54.7 Å². The van der Waals surface area contributed by atoms with Gasteiger partial charge in [-0.3, -0.25) is 24.1 Å². The predicted molar refractivity (Wildman–Crippen MR) is 116 cm³/mol. The highest BCUT2D eigenvalue weighted by Crippen LogP contribution is 2.31. The van der Waals surface area contributed by atoms with E-state index in [9.17, 15) is 19.7 Å². The quantitative estimate of drug-likeness (QED) is 0.182. The fourth-order valence-corrected chi connectivity index (χ4v) is 4.31. The minimum Gasteiger partial charge on any atom is -0.289 e. The first-order valence-corrected chi connectivity index (χ1v) is 9.25. The zero-order valence-electron chi connectivity index (χ0n) is 15.3. The van der Waals surface area contributed by atoms with E-state index in [0.717, 1.165) is 10.8 Å². The summed E-state index contributed by atoms with van der Waals surface area (Å²) in [5.74, 6) is 0. The second-order valence-electron chi connectivity index (χ2n) is 7.20. The van der Waals surface area contributed by atoms with Gasteiger partial charge in [-0.05, 0) is 29.0 Å². The van der Waals surface area contributed by atoms with E-state index in [1.54, 1.807) is 30.3 Å². The van der Waals surface area contributed by atoms with Crippen molar-refractivity contribution in [1.29, 1.82) is 0 Å². The van der Waals surface area contributed by atoms with Crippen LogP contribution in [-0.2, 0) is 0 Å². The Bertz CT molecular complexity index is 1820. The van der Waals surface area contributed by atoms with Crippen LogP contribution in [0.4, 0.5) is 5.69 Å². The number of non-ortho nitro benzene ring substituents is 1. The molecule has 142 valence electrons. The van der Waals surface area contributed by atoms with E-state index in [0.29, 0.717) is 32.8 Å². The van der Waals surface area contributed by atoms with Crippen molar-refractivity contribution in [3.05, 3.63) is 97.4 Å². The first kappa shape index (κ1) is 16.6. The van der Waals surface area contributed by atoms with Gasteiger partial charge < -0.3 is 0 Å². The molecule has 4 aromatic carbocycles. The minimum absolute atomic E-state index is 0.0968. The number of aromatic nitrogens is 2. The first-order valence-electron chi connectivity index (χ1n) is 9.25. The Hall–Kier alpha value is -4.39. The topological polar surface area (TPSA) is 94.6 Å². The van der Waals surface area contributed by atoms with Crippen molar-refractivity contribution in [1.82, 2.24) is 9.38 Å². The lowest BCUT2D eigenvalue weighted by atomic mass is 9.97. The fourth-order valence-electron chi connectivity index (χ4n) is 4.31. The van der Waals surface area contributed by atoms with Gasteiger partial charge >= 0.3 is 0 Å². The molecule has 2 aromatic heterocycles. The molecule has 0 saturated carbocycles. The van der Waals surface area contributed by atoms with Gasteiger partial charge in [-0.15, -0.1) is 0 Å². The van der Waals surface area contributed by atoms with Crippen LogP contribution in [0.5, 0.6) is 0 Å². The van der Waals surface area contributed by atoms with Crippen LogP contribution in [-0.4, -0.2) is 14.3 Å². The van der Waals surface area contributed by atoms with Crippen LogP contribution >= 0.6 is 0 Å². The Morgan fingerprint density at radius 3 is 2.37 bits per heavy atom. The van der Waals surface area contributed by atoms with E-state index < -0.39 is 10.5 Å². The van der Waals surface area contributed by atoms with Gasteiger partial charge in [0.05, 0.1) is 21.3 Å². The van der Waals surface area contributed by atoms with Crippen LogP contribution < -0.4 is 11.0 Å². The zero-order valence-corrected chi connectivity index (χ0v) is 15.3. The van der Waals surface area contributed by atoms with Gasteiger partial charge in [-0.25, -0.2) is 4.98 Å². The second kappa shape index (κ2) is 5.57. The lowest BCUT2D eigenvalue weighted by molar-refractivity contribution is -0.384. The highest BCUT2D eigenvalue weighted by atomic mass is 16.6. The molecule has 0 N–H and O–H groups in total. The monoisotopic (exact) mass is 393 g/mol. The smallest absolute Gasteiger partial charge is 0.270 e. The third kappa shape index (κ3) is 2.00. The molecule has 7 heteroatoms. The van der Waals surface area contributed by atoms with Crippen LogP contribution in [0.25, 0.3) is 49.0 Å². The van der Waals surface area contributed by atoms with Gasteiger partial charge in [0, 0.05) is 28.3 Å². The van der Waals surface area contributed by atoms with E-state index in [-0.39, 0.29) is 16.5 Å². The number of nitrogens with zero attached hydrogens (tertiary/aromatic N) is 3. The molecule has 6 aromatic rings. The maximum absolute atomic E-state index is 13.3. The van der Waals surface area contributed by atoms with Crippen molar-refractivity contribution in [2.75, 3.05) is 0 Å². The summed E-state index contributed by atoms with van der Waals surface area (Å²) in [6.07, 6.45) is 0. The Morgan fingerprint density at radius 2 is 1.57 bits per heavy atom. The fraction of sp³-hybridized carbons (Fsp3) is 0. The van der Waals surface area contributed by atoms with Crippen molar-refractivity contribution in [2.24, 2.45) is 0 Å². The van der Waals surface area contributed by atoms with Gasteiger partial charge in [0.2, 0.25) is 0 Å². The molecule has 0 bridgehead atoms. The lowest BCUT2D eigenvalue weighted by Gasteiger charge is -2.13. The summed E-state index contributed by atoms with van der Waals surface area (Å²) >= 11 is 0. The SMILES string of the molecule is O=c1c2ccccc2c2cc3nc4ccc([N+](=O)[O-])cc4c(=O)n3c3cccc1c23. The van der Waals surface area contributed by atoms with Gasteiger partial charge in [0.15, 0.2) is 5.43 Å². The number of fused-ring (bicyclic) bond motifs is 5. The van der Waals surface area contributed by atoms with Crippen LogP contribution in [0.3, 0.4) is 0 Å². The third-order valence-electron chi connectivity index (χ3n) is 5.62. The number of nitro benzene ring substituents is 1. The summed E-state index contributed by atoms with van der Waals surface area (Å²) in [6.45, 7) is 0. The minimum atomic E-state index is -0.541. The Balaban J connectivity index is 1.94. The third-order valence-corrected chi connectivity index (χ3v) is 5.62. The number of pyridine rings is 1. The maximum Gasteiger partial charge on any atom is 0.270 e. The number of hydrogen-bond donors (Lipinski definition) is 0. The summed E-state index contributed by atoms with van der Waals surface area (Å²) in [5.41, 5.74) is 0.676. The van der Waals surface area contributed by atoms with Crippen LogP contribution in [0, 0.1) is 10.1 Å². The second-order valence-corrected chi connectivity index (χ2v) is 7.20. The summed E-state index contributed by atoms with van der Waals surface area (Å²) in [6, 6.07) is 18.5. The molecule has 0 amide bonds. The van der Waals surface area contributed by atoms with Gasteiger partial charge in [0.1, 0.15) is 5.65 Å². The van der Waals surface area contributed by atoms with E-state index in [1.807, 2.05) is 18.2 Å². The molecule has 0 aliphatic rings. The molecule has 0 atom stereocenters. The molecule has 0 aliphatic carbocycles. The Kier molecular flexibility index (Phi) is 3.08. The van der Waals surface area contributed by atoms with Crippen LogP contribution in [0.2, 0.25) is 0 Å². The molecule has 0 radical (unpaired) electrons. The van der Waals surface area contributed by atoms with Crippen molar-refractivity contribution in [3.63, 3.8) is 0 Å². The molecule has 0 unspecified atom stereocenters. The Labute approximate surface area is 166 Å². The average Bonchev–Trinajstić information content (AvgIpc) is 2.76. The van der Waals surface area contributed by atoms with E-state index >= 15 is 0 Å². The lowest BCUT2D eigenvalue weighted by Crippen LogP contribution is -2.17. The van der Waals surface area contributed by atoms with E-state index in [1.165, 1.54) is 22.6 Å². The van der Waals surface area contributed by atoms with Crippen LogP contribution in [0.1, 0.15) is 0 Å². The molecule has 30 heavy (non-hydrogen) atoms. The summed E-state index contributed by atoms with van der Waals surface area (Å²) in [5, 5.41) is 14.8. The van der Waals surface area contributed by atoms with Gasteiger partial charge in [0.25, 0.3) is 11.2 Å². The van der Waals surface area contributed by atoms with Gasteiger partial charge in [-0.2, -0.15) is 0 Å². The molecule has 0 fully saturated rings. The van der Waals surface area contributed by atoms with Crippen molar-refractivity contribution in [3.8, 4) is 0 Å². The molecule has 0 saturated heterocycles. The summed E-state index contributed by atoms with van der Waals surface area (Å²) in [4.78, 5) is 41.6. The first-order chi connectivity index (χ1) is 14.5. The molecule has 7 nitrogen and oxygen atoms in total. The largest absolute Gasteiger partial charge is 0.289 e. The number of nitro groups is 1. The van der Waals surface area contributed by atoms with Crippen molar-refractivity contribution < 1.29 is 4.92 Å².